The summed E-state index contributed by atoms with van der Waals surface area (Å²) < 4.78 is 1.97. The van der Waals surface area contributed by atoms with E-state index in [4.69, 9.17) is 5.73 Å². The first-order chi connectivity index (χ1) is 8.02. The van der Waals surface area contributed by atoms with Gasteiger partial charge in [-0.1, -0.05) is 6.92 Å². The molecule has 5 nitrogen and oxygen atoms in total. The van der Waals surface area contributed by atoms with Crippen molar-refractivity contribution in [2.45, 2.75) is 52.2 Å². The average molecular weight is 238 g/mol. The van der Waals surface area contributed by atoms with Crippen molar-refractivity contribution in [1.29, 1.82) is 0 Å². The zero-order chi connectivity index (χ0) is 12.8. The Kier molecular flexibility index (Phi) is 5.15. The smallest absolute Gasteiger partial charge is 0.218 e. The summed E-state index contributed by atoms with van der Waals surface area (Å²) in [4.78, 5) is 10.7. The zero-order valence-corrected chi connectivity index (χ0v) is 10.8. The summed E-state index contributed by atoms with van der Waals surface area (Å²) in [5.74, 6) is -0.282. The minimum absolute atomic E-state index is 0.0845. The number of carbonyl (C=O) groups excluding carboxylic acids is 1. The van der Waals surface area contributed by atoms with Crippen molar-refractivity contribution in [3.63, 3.8) is 0 Å². The van der Waals surface area contributed by atoms with Crippen LogP contribution < -0.4 is 11.1 Å². The number of aromatic nitrogens is 2. The molecule has 0 aliphatic heterocycles. The lowest BCUT2D eigenvalue weighted by atomic mass is 10.2. The van der Waals surface area contributed by atoms with Gasteiger partial charge in [-0.2, -0.15) is 5.10 Å². The Bertz CT molecular complexity index is 361. The topological polar surface area (TPSA) is 72.9 Å². The molecule has 1 rings (SSSR count). The molecule has 1 amide bonds. The van der Waals surface area contributed by atoms with Crippen molar-refractivity contribution >= 4 is 5.91 Å². The highest BCUT2D eigenvalue weighted by atomic mass is 16.1. The second kappa shape index (κ2) is 6.39. The van der Waals surface area contributed by atoms with Crippen LogP contribution in [0.4, 0.5) is 0 Å². The van der Waals surface area contributed by atoms with Crippen LogP contribution in [0.2, 0.25) is 0 Å². The van der Waals surface area contributed by atoms with Gasteiger partial charge in [0.1, 0.15) is 0 Å². The Balaban J connectivity index is 2.42. The largest absolute Gasteiger partial charge is 0.370 e. The number of nitrogens with two attached hydrogens (primary N) is 1. The number of primary amides is 1. The van der Waals surface area contributed by atoms with Gasteiger partial charge >= 0.3 is 0 Å². The van der Waals surface area contributed by atoms with E-state index in [1.807, 2.05) is 23.9 Å². The maximum atomic E-state index is 10.7. The molecule has 0 aliphatic rings. The van der Waals surface area contributed by atoms with Crippen molar-refractivity contribution < 1.29 is 4.79 Å². The van der Waals surface area contributed by atoms with Crippen LogP contribution in [0.1, 0.15) is 45.3 Å². The maximum absolute atomic E-state index is 10.7. The first-order valence-corrected chi connectivity index (χ1v) is 6.08. The maximum Gasteiger partial charge on any atom is 0.218 e. The van der Waals surface area contributed by atoms with E-state index in [1.54, 1.807) is 0 Å². The van der Waals surface area contributed by atoms with Crippen molar-refractivity contribution in [3.05, 3.63) is 18.0 Å². The van der Waals surface area contributed by atoms with Gasteiger partial charge in [-0.05, 0) is 26.3 Å². The van der Waals surface area contributed by atoms with Crippen molar-refractivity contribution in [2.24, 2.45) is 5.73 Å². The van der Waals surface area contributed by atoms with Crippen LogP contribution in [0, 0.1) is 0 Å². The third-order valence-corrected chi connectivity index (χ3v) is 2.85. The van der Waals surface area contributed by atoms with E-state index < -0.39 is 0 Å². The SMILES string of the molecule is CCC(C)n1ccc(CNC(C)CC(N)=O)n1. The predicted molar refractivity (Wildman–Crippen MR) is 67.3 cm³/mol. The number of hydrogen-bond donors (Lipinski definition) is 2. The van der Waals surface area contributed by atoms with Gasteiger partial charge in [0.15, 0.2) is 0 Å². The quantitative estimate of drug-likeness (QED) is 0.750. The third-order valence-electron chi connectivity index (χ3n) is 2.85. The molecule has 1 aromatic heterocycles. The summed E-state index contributed by atoms with van der Waals surface area (Å²) in [6.45, 7) is 6.88. The molecule has 0 saturated heterocycles. The van der Waals surface area contributed by atoms with Gasteiger partial charge in [-0.25, -0.2) is 0 Å². The Morgan fingerprint density at radius 3 is 2.88 bits per heavy atom. The Morgan fingerprint density at radius 1 is 1.59 bits per heavy atom. The summed E-state index contributed by atoms with van der Waals surface area (Å²) in [7, 11) is 0. The van der Waals surface area contributed by atoms with Crippen LogP contribution in [0.25, 0.3) is 0 Å². The van der Waals surface area contributed by atoms with Crippen LogP contribution in [-0.4, -0.2) is 21.7 Å². The van der Waals surface area contributed by atoms with E-state index >= 15 is 0 Å². The molecule has 0 radical (unpaired) electrons. The molecule has 17 heavy (non-hydrogen) atoms. The van der Waals surface area contributed by atoms with Gasteiger partial charge in [-0.15, -0.1) is 0 Å². The Labute approximate surface area is 102 Å². The van der Waals surface area contributed by atoms with Crippen LogP contribution in [0.15, 0.2) is 12.3 Å². The molecular formula is C12H22N4O. The zero-order valence-electron chi connectivity index (χ0n) is 10.8. The number of carbonyl (C=O) groups is 1. The molecule has 0 spiro atoms. The average Bonchev–Trinajstić information content (AvgIpc) is 2.73. The third kappa shape index (κ3) is 4.56. The fraction of sp³-hybridized carbons (Fsp3) is 0.667. The van der Waals surface area contributed by atoms with E-state index in [2.05, 4.69) is 24.3 Å². The molecule has 0 aliphatic carbocycles. The highest BCUT2D eigenvalue weighted by Crippen LogP contribution is 2.09. The highest BCUT2D eigenvalue weighted by molar-refractivity contribution is 5.74. The summed E-state index contributed by atoms with van der Waals surface area (Å²) >= 11 is 0. The summed E-state index contributed by atoms with van der Waals surface area (Å²) in [6, 6.07) is 2.50. The van der Waals surface area contributed by atoms with Crippen LogP contribution in [0.3, 0.4) is 0 Å². The lowest BCUT2D eigenvalue weighted by Crippen LogP contribution is -2.30. The number of nitrogens with zero attached hydrogens (tertiary/aromatic N) is 2. The van der Waals surface area contributed by atoms with Gasteiger partial charge in [0.25, 0.3) is 0 Å². The Hall–Kier alpha value is -1.36. The molecule has 96 valence electrons. The van der Waals surface area contributed by atoms with Crippen molar-refractivity contribution in [2.75, 3.05) is 0 Å². The van der Waals surface area contributed by atoms with Crippen molar-refractivity contribution in [3.8, 4) is 0 Å². The molecule has 0 bridgehead atoms. The standard InChI is InChI=1S/C12H22N4O/c1-4-10(3)16-6-5-11(15-16)8-14-9(2)7-12(13)17/h5-6,9-10,14H,4,7-8H2,1-3H3,(H2,13,17). The lowest BCUT2D eigenvalue weighted by molar-refractivity contribution is -0.118. The fourth-order valence-corrected chi connectivity index (χ4v) is 1.56. The molecule has 2 atom stereocenters. The number of amides is 1. The molecule has 0 fully saturated rings. The monoisotopic (exact) mass is 238 g/mol. The molecule has 5 heteroatoms. The number of hydrogen-bond acceptors (Lipinski definition) is 3. The first-order valence-electron chi connectivity index (χ1n) is 6.08. The van der Waals surface area contributed by atoms with Crippen LogP contribution in [-0.2, 0) is 11.3 Å². The van der Waals surface area contributed by atoms with Gasteiger partial charge in [0.2, 0.25) is 5.91 Å². The second-order valence-electron chi connectivity index (χ2n) is 4.50. The lowest BCUT2D eigenvalue weighted by Gasteiger charge is -2.11. The van der Waals surface area contributed by atoms with Crippen molar-refractivity contribution in [1.82, 2.24) is 15.1 Å². The Morgan fingerprint density at radius 2 is 2.29 bits per heavy atom. The van der Waals surface area contributed by atoms with E-state index in [1.165, 1.54) is 0 Å². The molecular weight excluding hydrogens is 216 g/mol. The summed E-state index contributed by atoms with van der Waals surface area (Å²) in [6.07, 6.45) is 3.41. The molecule has 2 unspecified atom stereocenters. The highest BCUT2D eigenvalue weighted by Gasteiger charge is 2.07. The molecule has 0 aromatic carbocycles. The number of rotatable bonds is 7. The fourth-order valence-electron chi connectivity index (χ4n) is 1.56. The summed E-state index contributed by atoms with van der Waals surface area (Å²) in [5.41, 5.74) is 6.11. The molecule has 0 saturated carbocycles. The molecule has 3 N–H and O–H groups in total. The van der Waals surface area contributed by atoms with Gasteiger partial charge < -0.3 is 11.1 Å². The van der Waals surface area contributed by atoms with Crippen LogP contribution >= 0.6 is 0 Å². The van der Waals surface area contributed by atoms with E-state index in [9.17, 15) is 4.79 Å². The van der Waals surface area contributed by atoms with E-state index in [0.29, 0.717) is 19.0 Å². The molecule has 1 heterocycles. The minimum Gasteiger partial charge on any atom is -0.370 e. The van der Waals surface area contributed by atoms with Crippen LogP contribution in [0.5, 0.6) is 0 Å². The normalized spacial score (nSPS) is 14.5. The van der Waals surface area contributed by atoms with E-state index in [-0.39, 0.29) is 11.9 Å². The van der Waals surface area contributed by atoms with E-state index in [0.717, 1.165) is 12.1 Å². The second-order valence-corrected chi connectivity index (χ2v) is 4.50. The van der Waals surface area contributed by atoms with Gasteiger partial charge in [0, 0.05) is 31.2 Å². The first kappa shape index (κ1) is 13.7. The predicted octanol–water partition coefficient (Wildman–Crippen LogP) is 1.21. The number of nitrogens with one attached hydrogen (secondary N) is 1. The van der Waals surface area contributed by atoms with Gasteiger partial charge in [0.05, 0.1) is 5.69 Å². The van der Waals surface area contributed by atoms with Gasteiger partial charge in [-0.3, -0.25) is 9.48 Å². The molecule has 1 aromatic rings. The minimum atomic E-state index is -0.282. The summed E-state index contributed by atoms with van der Waals surface area (Å²) in [5, 5.41) is 7.69.